The number of carbonyl (C=O) groups excluding carboxylic acids is 2. The molecule has 124 valence electrons. The van der Waals surface area contributed by atoms with Crippen LogP contribution in [0.3, 0.4) is 0 Å². The Morgan fingerprint density at radius 1 is 0.875 bits per heavy atom. The summed E-state index contributed by atoms with van der Waals surface area (Å²) in [6, 6.07) is 17.0. The summed E-state index contributed by atoms with van der Waals surface area (Å²) < 4.78 is 16.0. The molecule has 24 heavy (non-hydrogen) atoms. The minimum atomic E-state index is -2.97. The predicted molar refractivity (Wildman–Crippen MR) is 91.6 cm³/mol. The van der Waals surface area contributed by atoms with E-state index in [-0.39, 0.29) is 6.61 Å². The summed E-state index contributed by atoms with van der Waals surface area (Å²) in [6.45, 7) is 3.86. The van der Waals surface area contributed by atoms with Crippen LogP contribution in [0.15, 0.2) is 73.3 Å². The average molecular weight is 342 g/mol. The molecule has 0 aliphatic carbocycles. The van der Waals surface area contributed by atoms with E-state index in [4.69, 9.17) is 13.3 Å². The number of hydrogen-bond donors (Lipinski definition) is 0. The topological polar surface area (TPSA) is 61.8 Å². The highest BCUT2D eigenvalue weighted by atomic mass is 28.3. The zero-order valence-corrected chi connectivity index (χ0v) is 14.2. The molecule has 0 amide bonds. The van der Waals surface area contributed by atoms with Crippen LogP contribution in [0, 0.1) is 0 Å². The lowest BCUT2D eigenvalue weighted by Gasteiger charge is -2.16. The predicted octanol–water partition coefficient (Wildman–Crippen LogP) is 3.01. The van der Waals surface area contributed by atoms with Crippen molar-refractivity contribution in [3.05, 3.63) is 84.4 Å². The van der Waals surface area contributed by atoms with Crippen LogP contribution in [0.5, 0.6) is 0 Å². The van der Waals surface area contributed by atoms with Gasteiger partial charge in [-0.2, -0.15) is 0 Å². The van der Waals surface area contributed by atoms with E-state index in [0.29, 0.717) is 17.5 Å². The maximum absolute atomic E-state index is 12.1. The molecule has 0 N–H and O–H groups in total. The normalized spacial score (nSPS) is 10.2. The fourth-order valence-corrected chi connectivity index (χ4v) is 2.93. The molecule has 0 aliphatic rings. The van der Waals surface area contributed by atoms with Crippen LogP contribution in [-0.4, -0.2) is 28.1 Å². The number of carbonyl (C=O) groups is 2. The quantitative estimate of drug-likeness (QED) is 0.419. The van der Waals surface area contributed by atoms with Crippen molar-refractivity contribution in [3.8, 4) is 0 Å². The molecule has 0 spiro atoms. The Balaban J connectivity index is 2.02. The van der Waals surface area contributed by atoms with Crippen molar-refractivity contribution < 1.29 is 22.9 Å². The third-order valence-electron chi connectivity index (χ3n) is 3.00. The molecule has 0 aliphatic heterocycles. The second kappa shape index (κ2) is 9.44. The first-order valence-electron chi connectivity index (χ1n) is 7.45. The van der Waals surface area contributed by atoms with Crippen molar-refractivity contribution in [2.45, 2.75) is 6.42 Å². The van der Waals surface area contributed by atoms with Crippen molar-refractivity contribution in [2.75, 3.05) is 6.61 Å². The lowest BCUT2D eigenvalue weighted by molar-refractivity contribution is 0.0453. The fraction of sp³-hybridized carbons (Fsp3) is 0.111. The molecule has 0 radical (unpaired) electrons. The van der Waals surface area contributed by atoms with Gasteiger partial charge >= 0.3 is 21.5 Å². The summed E-state index contributed by atoms with van der Waals surface area (Å²) in [5.74, 6) is -1.15. The lowest BCUT2D eigenvalue weighted by atomic mass is 10.2. The van der Waals surface area contributed by atoms with Crippen LogP contribution >= 0.6 is 0 Å². The molecule has 0 heterocycles. The summed E-state index contributed by atoms with van der Waals surface area (Å²) in [4.78, 5) is 24.3. The van der Waals surface area contributed by atoms with E-state index in [1.54, 1.807) is 66.7 Å². The highest BCUT2D eigenvalue weighted by Gasteiger charge is 2.26. The van der Waals surface area contributed by atoms with E-state index < -0.39 is 21.5 Å². The monoisotopic (exact) mass is 342 g/mol. The summed E-state index contributed by atoms with van der Waals surface area (Å²) in [7, 11) is -2.97. The Labute approximate surface area is 142 Å². The Bertz CT molecular complexity index is 619. The molecule has 2 aromatic rings. The van der Waals surface area contributed by atoms with Crippen LogP contribution in [0.1, 0.15) is 27.1 Å². The molecule has 0 saturated heterocycles. The van der Waals surface area contributed by atoms with Crippen LogP contribution in [-0.2, 0) is 13.3 Å². The highest BCUT2D eigenvalue weighted by Crippen LogP contribution is 2.08. The first-order valence-corrected chi connectivity index (χ1v) is 8.86. The Hall–Kier alpha value is -2.70. The largest absolute Gasteiger partial charge is 0.620 e. The van der Waals surface area contributed by atoms with Gasteiger partial charge < -0.3 is 13.3 Å². The Kier molecular flexibility index (Phi) is 6.94. The number of rotatable bonds is 8. The first kappa shape index (κ1) is 17.6. The van der Waals surface area contributed by atoms with E-state index in [1.807, 2.05) is 0 Å². The summed E-state index contributed by atoms with van der Waals surface area (Å²) in [6.07, 6.45) is 2.23. The van der Waals surface area contributed by atoms with Gasteiger partial charge in [-0.1, -0.05) is 42.5 Å². The molecule has 0 unspecified atom stereocenters. The second-order valence-corrected chi connectivity index (χ2v) is 6.16. The van der Waals surface area contributed by atoms with Crippen LogP contribution in [0.4, 0.5) is 0 Å². The average Bonchev–Trinajstić information content (AvgIpc) is 2.63. The molecule has 0 atom stereocenters. The molecular weight excluding hydrogens is 324 g/mol. The molecule has 2 rings (SSSR count). The molecule has 0 aromatic heterocycles. The van der Waals surface area contributed by atoms with Crippen molar-refractivity contribution >= 4 is 21.5 Å². The van der Waals surface area contributed by atoms with E-state index in [1.165, 1.54) is 0 Å². The van der Waals surface area contributed by atoms with Gasteiger partial charge in [0.2, 0.25) is 0 Å². The van der Waals surface area contributed by atoms with Crippen LogP contribution in [0.2, 0.25) is 0 Å². The van der Waals surface area contributed by atoms with E-state index in [0.717, 1.165) is 0 Å². The zero-order chi connectivity index (χ0) is 17.2. The van der Waals surface area contributed by atoms with Gasteiger partial charge in [0.15, 0.2) is 0 Å². The zero-order valence-electron chi connectivity index (χ0n) is 13.1. The lowest BCUT2D eigenvalue weighted by Crippen LogP contribution is -2.33. The van der Waals surface area contributed by atoms with Gasteiger partial charge in [0.05, 0.1) is 11.1 Å². The van der Waals surface area contributed by atoms with Gasteiger partial charge in [0.25, 0.3) is 0 Å². The molecule has 0 bridgehead atoms. The highest BCUT2D eigenvalue weighted by molar-refractivity contribution is 6.43. The maximum atomic E-state index is 12.1. The van der Waals surface area contributed by atoms with Crippen molar-refractivity contribution in [2.24, 2.45) is 0 Å². The smallest absolute Gasteiger partial charge is 0.463 e. The second-order valence-electron chi connectivity index (χ2n) is 4.78. The van der Waals surface area contributed by atoms with E-state index >= 15 is 0 Å². The summed E-state index contributed by atoms with van der Waals surface area (Å²) in [5, 5.41) is 0. The standard InChI is InChI=1S/C18H18O5Si/c1-2-3-14-21-24(22-17(19)15-10-6-4-7-11-15)23-18(20)16-12-8-5-9-13-16/h2,4-13,24H,1,3,14H2. The fourth-order valence-electron chi connectivity index (χ4n) is 1.80. The summed E-state index contributed by atoms with van der Waals surface area (Å²) in [5.41, 5.74) is 0.746. The van der Waals surface area contributed by atoms with Crippen LogP contribution in [0.25, 0.3) is 0 Å². The minimum absolute atomic E-state index is 0.268. The summed E-state index contributed by atoms with van der Waals surface area (Å²) >= 11 is 0. The van der Waals surface area contributed by atoms with Crippen LogP contribution < -0.4 is 0 Å². The van der Waals surface area contributed by atoms with E-state index in [9.17, 15) is 9.59 Å². The minimum Gasteiger partial charge on any atom is -0.463 e. The molecule has 2 aromatic carbocycles. The molecular formula is C18H18O5Si. The van der Waals surface area contributed by atoms with E-state index in [2.05, 4.69) is 6.58 Å². The number of benzene rings is 2. The Morgan fingerprint density at radius 3 is 1.75 bits per heavy atom. The molecule has 0 fully saturated rings. The van der Waals surface area contributed by atoms with Crippen molar-refractivity contribution in [1.29, 1.82) is 0 Å². The molecule has 6 heteroatoms. The number of hydrogen-bond acceptors (Lipinski definition) is 5. The van der Waals surface area contributed by atoms with Crippen molar-refractivity contribution in [3.63, 3.8) is 0 Å². The molecule has 5 nitrogen and oxygen atoms in total. The third kappa shape index (κ3) is 5.49. The van der Waals surface area contributed by atoms with Gasteiger partial charge in [-0.05, 0) is 30.7 Å². The first-order chi connectivity index (χ1) is 11.7. The van der Waals surface area contributed by atoms with Gasteiger partial charge in [0.1, 0.15) is 0 Å². The van der Waals surface area contributed by atoms with Crippen molar-refractivity contribution in [1.82, 2.24) is 0 Å². The van der Waals surface area contributed by atoms with Gasteiger partial charge in [0, 0.05) is 6.61 Å². The third-order valence-corrected chi connectivity index (χ3v) is 4.32. The molecule has 0 saturated carbocycles. The maximum Gasteiger partial charge on any atom is 0.620 e. The van der Waals surface area contributed by atoms with Gasteiger partial charge in [-0.25, -0.2) is 9.59 Å². The SMILES string of the molecule is C=CCCO[SiH](OC(=O)c1ccccc1)OC(=O)c1ccccc1. The Morgan fingerprint density at radius 2 is 1.33 bits per heavy atom. The van der Waals surface area contributed by atoms with Gasteiger partial charge in [-0.3, -0.25) is 0 Å². The van der Waals surface area contributed by atoms with Gasteiger partial charge in [-0.15, -0.1) is 6.58 Å².